The molecule has 0 radical (unpaired) electrons. The van der Waals surface area contributed by atoms with Crippen LogP contribution in [0.25, 0.3) is 88.0 Å². The van der Waals surface area contributed by atoms with Crippen molar-refractivity contribution in [3.05, 3.63) is 224 Å². The molecule has 0 saturated carbocycles. The first kappa shape index (κ1) is 33.6. The Balaban J connectivity index is 0.954. The number of furan rings is 1. The van der Waals surface area contributed by atoms with Crippen LogP contribution in [-0.2, 0) is 0 Å². The normalized spacial score (nSPS) is 11.4. The fourth-order valence-corrected chi connectivity index (χ4v) is 8.32. The summed E-state index contributed by atoms with van der Waals surface area (Å²) >= 11 is 0. The minimum atomic E-state index is 0.879. The number of hydrogen-bond donors (Lipinski definition) is 0. The lowest BCUT2D eigenvalue weighted by molar-refractivity contribution is 0.631. The summed E-state index contributed by atoms with van der Waals surface area (Å²) < 4.78 is 6.21. The summed E-state index contributed by atoms with van der Waals surface area (Å²) in [5.41, 5.74) is 12.4. The summed E-state index contributed by atoms with van der Waals surface area (Å²) in [5.74, 6) is 0.879. The van der Waals surface area contributed by atoms with Crippen molar-refractivity contribution in [2.45, 2.75) is 0 Å². The molecule has 11 rings (SSSR count). The van der Waals surface area contributed by atoms with E-state index >= 15 is 0 Å². The van der Waals surface area contributed by atoms with Crippen LogP contribution in [-0.4, -0.2) is 0 Å². The van der Waals surface area contributed by atoms with Crippen LogP contribution in [0.1, 0.15) is 0 Å². The van der Waals surface area contributed by atoms with Crippen molar-refractivity contribution in [1.29, 1.82) is 0 Å². The van der Waals surface area contributed by atoms with Crippen molar-refractivity contribution in [3.63, 3.8) is 0 Å². The van der Waals surface area contributed by atoms with E-state index in [9.17, 15) is 0 Å². The maximum absolute atomic E-state index is 6.21. The Morgan fingerprint density at radius 1 is 0.241 bits per heavy atom. The third-order valence-electron chi connectivity index (χ3n) is 11.4. The van der Waals surface area contributed by atoms with Gasteiger partial charge in [0, 0.05) is 28.0 Å². The lowest BCUT2D eigenvalue weighted by Gasteiger charge is -2.26. The molecule has 1 aromatic heterocycles. The molecule has 2 nitrogen and oxygen atoms in total. The van der Waals surface area contributed by atoms with Crippen LogP contribution in [0.15, 0.2) is 229 Å². The average molecular weight is 740 g/mol. The summed E-state index contributed by atoms with van der Waals surface area (Å²) in [6.07, 6.45) is 0. The van der Waals surface area contributed by atoms with E-state index in [4.69, 9.17) is 4.42 Å². The number of benzene rings is 10. The first-order chi connectivity index (χ1) is 28.7. The third kappa shape index (κ3) is 6.27. The van der Waals surface area contributed by atoms with Gasteiger partial charge in [-0.3, -0.25) is 0 Å². The van der Waals surface area contributed by atoms with Crippen molar-refractivity contribution in [2.24, 2.45) is 0 Å². The first-order valence-corrected chi connectivity index (χ1v) is 19.8. The monoisotopic (exact) mass is 739 g/mol. The highest BCUT2D eigenvalue weighted by Crippen LogP contribution is 2.39. The summed E-state index contributed by atoms with van der Waals surface area (Å²) in [6, 6.07) is 80.9. The molecule has 0 amide bonds. The molecule has 0 N–H and O–H groups in total. The Hall–Kier alpha value is -7.68. The first-order valence-electron chi connectivity index (χ1n) is 19.8. The van der Waals surface area contributed by atoms with Gasteiger partial charge in [-0.25, -0.2) is 0 Å². The number of hydrogen-bond acceptors (Lipinski definition) is 2. The van der Waals surface area contributed by atoms with E-state index in [1.807, 2.05) is 18.2 Å². The second kappa shape index (κ2) is 14.1. The van der Waals surface area contributed by atoms with Crippen LogP contribution in [0.3, 0.4) is 0 Å². The smallest absolute Gasteiger partial charge is 0.135 e. The average Bonchev–Trinajstić information content (AvgIpc) is 3.74. The van der Waals surface area contributed by atoms with Crippen molar-refractivity contribution in [2.75, 3.05) is 4.90 Å². The molecule has 11 aromatic rings. The highest BCUT2D eigenvalue weighted by molar-refractivity contribution is 5.94. The van der Waals surface area contributed by atoms with Crippen LogP contribution in [0.5, 0.6) is 0 Å². The molecular formula is C56H37NO. The highest BCUT2D eigenvalue weighted by atomic mass is 16.3. The predicted octanol–water partition coefficient (Wildman–Crippen LogP) is 16.0. The van der Waals surface area contributed by atoms with Gasteiger partial charge in [0.15, 0.2) is 0 Å². The maximum atomic E-state index is 6.21. The zero-order valence-corrected chi connectivity index (χ0v) is 31.7. The van der Waals surface area contributed by atoms with Crippen LogP contribution < -0.4 is 4.90 Å². The maximum Gasteiger partial charge on any atom is 0.135 e. The predicted molar refractivity (Wildman–Crippen MR) is 245 cm³/mol. The van der Waals surface area contributed by atoms with Crippen LogP contribution in [0.4, 0.5) is 17.1 Å². The van der Waals surface area contributed by atoms with E-state index in [0.29, 0.717) is 0 Å². The molecule has 0 aliphatic heterocycles. The number of fused-ring (bicyclic) bond motifs is 4. The molecule has 0 aliphatic rings. The van der Waals surface area contributed by atoms with E-state index in [0.717, 1.165) is 44.9 Å². The van der Waals surface area contributed by atoms with E-state index in [1.54, 1.807) is 0 Å². The molecule has 58 heavy (non-hydrogen) atoms. The van der Waals surface area contributed by atoms with Gasteiger partial charge in [0.25, 0.3) is 0 Å². The van der Waals surface area contributed by atoms with Gasteiger partial charge in [-0.1, -0.05) is 152 Å². The summed E-state index contributed by atoms with van der Waals surface area (Å²) in [7, 11) is 0. The Morgan fingerprint density at radius 3 is 1.26 bits per heavy atom. The van der Waals surface area contributed by atoms with E-state index < -0.39 is 0 Å². The summed E-state index contributed by atoms with van der Waals surface area (Å²) in [4.78, 5) is 2.36. The highest BCUT2D eigenvalue weighted by Gasteiger charge is 2.15. The molecule has 272 valence electrons. The quantitative estimate of drug-likeness (QED) is 0.162. The van der Waals surface area contributed by atoms with E-state index in [2.05, 4.69) is 211 Å². The van der Waals surface area contributed by atoms with Crippen molar-refractivity contribution in [1.82, 2.24) is 0 Å². The topological polar surface area (TPSA) is 16.4 Å². The molecule has 0 saturated heterocycles. The van der Waals surface area contributed by atoms with Gasteiger partial charge in [0.2, 0.25) is 0 Å². The van der Waals surface area contributed by atoms with Gasteiger partial charge < -0.3 is 9.32 Å². The van der Waals surface area contributed by atoms with Gasteiger partial charge in [-0.05, 0) is 138 Å². The Bertz CT molecular complexity index is 3130. The fourth-order valence-electron chi connectivity index (χ4n) is 8.32. The van der Waals surface area contributed by atoms with Gasteiger partial charge in [-0.2, -0.15) is 0 Å². The molecule has 0 unspecified atom stereocenters. The molecule has 10 aromatic carbocycles. The lowest BCUT2D eigenvalue weighted by Crippen LogP contribution is -2.09. The fraction of sp³-hybridized carbons (Fsp3) is 0. The van der Waals surface area contributed by atoms with Gasteiger partial charge in [-0.15, -0.1) is 0 Å². The molecule has 0 fully saturated rings. The zero-order chi connectivity index (χ0) is 38.4. The number of rotatable bonds is 7. The largest absolute Gasteiger partial charge is 0.456 e. The minimum Gasteiger partial charge on any atom is -0.456 e. The number of anilines is 3. The van der Waals surface area contributed by atoms with Gasteiger partial charge in [0.1, 0.15) is 11.3 Å². The molecule has 0 spiro atoms. The van der Waals surface area contributed by atoms with Gasteiger partial charge >= 0.3 is 0 Å². The molecule has 0 aliphatic carbocycles. The zero-order valence-electron chi connectivity index (χ0n) is 31.7. The number of para-hydroxylation sites is 1. The Labute approximate surface area is 337 Å². The molecular weight excluding hydrogens is 703 g/mol. The Kier molecular flexibility index (Phi) is 8.19. The molecule has 2 heteroatoms. The second-order valence-corrected chi connectivity index (χ2v) is 15.0. The lowest BCUT2D eigenvalue weighted by atomic mass is 9.98. The van der Waals surface area contributed by atoms with E-state index in [1.165, 1.54) is 60.1 Å². The van der Waals surface area contributed by atoms with Crippen molar-refractivity contribution in [3.8, 4) is 44.7 Å². The van der Waals surface area contributed by atoms with Gasteiger partial charge in [0.05, 0.1) is 0 Å². The standard InChI is InChI=1S/C56H37NO/c1-3-10-42-32-45(18-16-38(42)8-1)40-22-27-52(28-23-40)57(53-29-24-41(25-30-53)46-19-17-39-9-2-4-11-43(39)33-46)54-31-26-48-34-47(20-21-49(48)36-54)44-13-7-14-50(35-44)56-37-51-12-5-6-15-55(51)58-56/h1-37H. The third-order valence-corrected chi connectivity index (χ3v) is 11.4. The van der Waals surface area contributed by atoms with Crippen LogP contribution in [0, 0.1) is 0 Å². The summed E-state index contributed by atoms with van der Waals surface area (Å²) in [5, 5.41) is 8.47. The summed E-state index contributed by atoms with van der Waals surface area (Å²) in [6.45, 7) is 0. The van der Waals surface area contributed by atoms with Crippen LogP contribution >= 0.6 is 0 Å². The Morgan fingerprint density at radius 2 is 0.655 bits per heavy atom. The SMILES string of the molecule is c1cc(-c2ccc3cc(N(c4ccc(-c5ccc6ccccc6c5)cc4)c4ccc(-c5ccc6ccccc6c5)cc4)ccc3c2)cc(-c2cc3ccccc3o2)c1. The molecule has 0 atom stereocenters. The van der Waals surface area contributed by atoms with Crippen molar-refractivity contribution < 1.29 is 4.42 Å². The molecule has 1 heterocycles. The minimum absolute atomic E-state index is 0.879. The molecule has 0 bridgehead atoms. The van der Waals surface area contributed by atoms with E-state index in [-0.39, 0.29) is 0 Å². The van der Waals surface area contributed by atoms with Crippen molar-refractivity contribution >= 4 is 60.3 Å². The number of nitrogens with zero attached hydrogens (tertiary/aromatic N) is 1. The van der Waals surface area contributed by atoms with Crippen LogP contribution in [0.2, 0.25) is 0 Å². The second-order valence-electron chi connectivity index (χ2n) is 15.0.